The lowest BCUT2D eigenvalue weighted by atomic mass is 10.2. The fourth-order valence-electron chi connectivity index (χ4n) is 2.12. The Morgan fingerprint density at radius 1 is 1.15 bits per heavy atom. The van der Waals surface area contributed by atoms with Crippen molar-refractivity contribution in [2.24, 2.45) is 0 Å². The number of halogens is 3. The van der Waals surface area contributed by atoms with Gasteiger partial charge in [0.15, 0.2) is 4.77 Å². The maximum Gasteiger partial charge on any atom is 0.182 e. The Hall–Kier alpha value is -1.36. The molecule has 0 unspecified atom stereocenters. The second-order valence-corrected chi connectivity index (χ2v) is 5.68. The summed E-state index contributed by atoms with van der Waals surface area (Å²) >= 11 is 17.7. The second-order valence-electron chi connectivity index (χ2n) is 4.48. The van der Waals surface area contributed by atoms with Crippen molar-refractivity contribution in [3.05, 3.63) is 56.5 Å². The Morgan fingerprint density at radius 2 is 1.90 bits per heavy atom. The van der Waals surface area contributed by atoms with Crippen molar-refractivity contribution < 1.29 is 4.39 Å². The molecule has 0 saturated carbocycles. The van der Waals surface area contributed by atoms with Crippen molar-refractivity contribution in [2.75, 3.05) is 0 Å². The molecule has 0 saturated heterocycles. The lowest BCUT2D eigenvalue weighted by molar-refractivity contribution is 0.629. The standard InChI is InChI=1S/C14H9Cl2FN2S/c1-7-4-10(16)12(6-9(7)15)19-13-5-8(17)2-3-11(13)18-14(19)20/h2-6H,1H3,(H,18,20). The maximum atomic E-state index is 13.5. The number of aromatic nitrogens is 2. The van der Waals surface area contributed by atoms with E-state index < -0.39 is 0 Å². The number of aromatic amines is 1. The van der Waals surface area contributed by atoms with Gasteiger partial charge in [-0.3, -0.25) is 4.57 Å². The molecule has 0 bridgehead atoms. The van der Waals surface area contributed by atoms with E-state index in [1.807, 2.05) is 6.92 Å². The highest BCUT2D eigenvalue weighted by molar-refractivity contribution is 7.71. The highest BCUT2D eigenvalue weighted by atomic mass is 35.5. The molecule has 2 nitrogen and oxygen atoms in total. The number of nitrogens with one attached hydrogen (secondary N) is 1. The minimum Gasteiger partial charge on any atom is -0.330 e. The van der Waals surface area contributed by atoms with E-state index in [2.05, 4.69) is 4.98 Å². The van der Waals surface area contributed by atoms with Crippen LogP contribution < -0.4 is 0 Å². The number of nitrogens with zero attached hydrogens (tertiary/aromatic N) is 1. The van der Waals surface area contributed by atoms with Gasteiger partial charge < -0.3 is 4.98 Å². The number of hydrogen-bond acceptors (Lipinski definition) is 1. The van der Waals surface area contributed by atoms with Crippen LogP contribution in [0.3, 0.4) is 0 Å². The molecule has 0 aliphatic heterocycles. The third-order valence-electron chi connectivity index (χ3n) is 3.11. The predicted octanol–water partition coefficient (Wildman–Crippen LogP) is 5.44. The number of aryl methyl sites for hydroxylation is 1. The summed E-state index contributed by atoms with van der Waals surface area (Å²) in [6.45, 7) is 1.87. The summed E-state index contributed by atoms with van der Waals surface area (Å²) < 4.78 is 15.6. The van der Waals surface area contributed by atoms with Crippen LogP contribution in [-0.4, -0.2) is 9.55 Å². The largest absolute Gasteiger partial charge is 0.330 e. The molecular formula is C14H9Cl2FN2S. The van der Waals surface area contributed by atoms with Crippen LogP contribution in [-0.2, 0) is 0 Å². The molecule has 20 heavy (non-hydrogen) atoms. The Kier molecular flexibility index (Phi) is 3.32. The van der Waals surface area contributed by atoms with E-state index in [4.69, 9.17) is 35.4 Å². The van der Waals surface area contributed by atoms with Gasteiger partial charge in [0, 0.05) is 11.1 Å². The summed E-state index contributed by atoms with van der Waals surface area (Å²) in [4.78, 5) is 3.02. The van der Waals surface area contributed by atoms with Crippen molar-refractivity contribution in [1.29, 1.82) is 0 Å². The van der Waals surface area contributed by atoms with Gasteiger partial charge in [-0.25, -0.2) is 4.39 Å². The first kappa shape index (κ1) is 13.6. The quantitative estimate of drug-likeness (QED) is 0.590. The van der Waals surface area contributed by atoms with Crippen LogP contribution in [0.5, 0.6) is 0 Å². The molecule has 102 valence electrons. The number of benzene rings is 2. The monoisotopic (exact) mass is 326 g/mol. The van der Waals surface area contributed by atoms with Crippen LogP contribution in [0, 0.1) is 17.5 Å². The zero-order valence-electron chi connectivity index (χ0n) is 10.4. The van der Waals surface area contributed by atoms with Crippen LogP contribution in [0.15, 0.2) is 30.3 Å². The van der Waals surface area contributed by atoms with Gasteiger partial charge in [0.2, 0.25) is 0 Å². The fraction of sp³-hybridized carbons (Fsp3) is 0.0714. The minimum absolute atomic E-state index is 0.338. The molecule has 6 heteroatoms. The number of imidazole rings is 1. The highest BCUT2D eigenvalue weighted by Crippen LogP contribution is 2.30. The van der Waals surface area contributed by atoms with Crippen LogP contribution >= 0.6 is 35.4 Å². The fourth-order valence-corrected chi connectivity index (χ4v) is 2.89. The molecular weight excluding hydrogens is 318 g/mol. The molecule has 0 aliphatic rings. The molecule has 1 aromatic heterocycles. The molecule has 2 aromatic carbocycles. The van der Waals surface area contributed by atoms with Crippen LogP contribution in [0.4, 0.5) is 4.39 Å². The first-order chi connectivity index (χ1) is 9.47. The lowest BCUT2D eigenvalue weighted by Crippen LogP contribution is -1.96. The van der Waals surface area contributed by atoms with Crippen LogP contribution in [0.2, 0.25) is 10.0 Å². The van der Waals surface area contributed by atoms with E-state index >= 15 is 0 Å². The average Bonchev–Trinajstić information content (AvgIpc) is 2.69. The smallest absolute Gasteiger partial charge is 0.182 e. The van der Waals surface area contributed by atoms with E-state index in [-0.39, 0.29) is 5.82 Å². The summed E-state index contributed by atoms with van der Waals surface area (Å²) in [7, 11) is 0. The Labute approximate surface area is 129 Å². The molecule has 0 aliphatic carbocycles. The van der Waals surface area contributed by atoms with Crippen LogP contribution in [0.1, 0.15) is 5.56 Å². The van der Waals surface area contributed by atoms with Gasteiger partial charge in [-0.15, -0.1) is 0 Å². The summed E-state index contributed by atoms with van der Waals surface area (Å²) in [5.74, 6) is -0.338. The van der Waals surface area contributed by atoms with E-state index in [9.17, 15) is 4.39 Å². The predicted molar refractivity (Wildman–Crippen MR) is 83.2 cm³/mol. The van der Waals surface area contributed by atoms with E-state index in [1.54, 1.807) is 22.8 Å². The minimum atomic E-state index is -0.338. The lowest BCUT2D eigenvalue weighted by Gasteiger charge is -2.09. The zero-order valence-corrected chi connectivity index (χ0v) is 12.7. The third-order valence-corrected chi connectivity index (χ3v) is 4.11. The molecule has 0 spiro atoms. The third kappa shape index (κ3) is 2.14. The van der Waals surface area contributed by atoms with Crippen LogP contribution in [0.25, 0.3) is 16.7 Å². The number of fused-ring (bicyclic) bond motifs is 1. The van der Waals surface area contributed by atoms with Crippen molar-refractivity contribution in [1.82, 2.24) is 9.55 Å². The first-order valence-corrected chi connectivity index (χ1v) is 7.00. The molecule has 0 atom stereocenters. The molecule has 0 fully saturated rings. The topological polar surface area (TPSA) is 20.7 Å². The van der Waals surface area contributed by atoms with Crippen molar-refractivity contribution >= 4 is 46.5 Å². The van der Waals surface area contributed by atoms with E-state index in [1.165, 1.54) is 12.1 Å². The zero-order chi connectivity index (χ0) is 14.4. The molecule has 3 aromatic rings. The summed E-state index contributed by atoms with van der Waals surface area (Å²) in [6.07, 6.45) is 0. The number of hydrogen-bond donors (Lipinski definition) is 1. The average molecular weight is 327 g/mol. The molecule has 1 heterocycles. The SMILES string of the molecule is Cc1cc(Cl)c(-n2c(=S)[nH]c3ccc(F)cc32)cc1Cl. The van der Waals surface area contributed by atoms with Gasteiger partial charge >= 0.3 is 0 Å². The maximum absolute atomic E-state index is 13.5. The molecule has 3 rings (SSSR count). The van der Waals surface area contributed by atoms with Gasteiger partial charge in [0.05, 0.1) is 21.7 Å². The van der Waals surface area contributed by atoms with Crippen molar-refractivity contribution in [3.63, 3.8) is 0 Å². The number of H-pyrrole nitrogens is 1. The molecule has 0 radical (unpaired) electrons. The Balaban J connectivity index is 2.40. The Morgan fingerprint density at radius 3 is 2.65 bits per heavy atom. The van der Waals surface area contributed by atoms with E-state index in [0.29, 0.717) is 26.0 Å². The molecule has 1 N–H and O–H groups in total. The Bertz CT molecular complexity index is 883. The van der Waals surface area contributed by atoms with E-state index in [0.717, 1.165) is 11.1 Å². The molecule has 0 amide bonds. The van der Waals surface area contributed by atoms with Gasteiger partial charge in [-0.05, 0) is 49.0 Å². The van der Waals surface area contributed by atoms with Gasteiger partial charge in [-0.1, -0.05) is 23.2 Å². The van der Waals surface area contributed by atoms with Gasteiger partial charge in [0.25, 0.3) is 0 Å². The van der Waals surface area contributed by atoms with Crippen molar-refractivity contribution in [3.8, 4) is 5.69 Å². The van der Waals surface area contributed by atoms with Gasteiger partial charge in [-0.2, -0.15) is 0 Å². The summed E-state index contributed by atoms with van der Waals surface area (Å²) in [5.41, 5.74) is 2.86. The number of rotatable bonds is 1. The first-order valence-electron chi connectivity index (χ1n) is 5.83. The van der Waals surface area contributed by atoms with Gasteiger partial charge in [0.1, 0.15) is 5.82 Å². The normalized spacial score (nSPS) is 11.2. The highest BCUT2D eigenvalue weighted by Gasteiger charge is 2.12. The second kappa shape index (κ2) is 4.88. The summed E-state index contributed by atoms with van der Waals surface area (Å²) in [5, 5.41) is 1.09. The summed E-state index contributed by atoms with van der Waals surface area (Å²) in [6, 6.07) is 7.92. The van der Waals surface area contributed by atoms with Crippen molar-refractivity contribution in [2.45, 2.75) is 6.92 Å².